The SMILES string of the molecule is Cc1nc(C)c(CNc2cccc(-c3ccn[nH]3)c2)s1. The van der Waals surface area contributed by atoms with Crippen LogP contribution in [0, 0.1) is 13.8 Å². The van der Waals surface area contributed by atoms with Crippen LogP contribution in [0.2, 0.25) is 0 Å². The molecule has 0 unspecified atom stereocenters. The Labute approximate surface area is 121 Å². The Hall–Kier alpha value is -2.14. The number of aryl methyl sites for hydroxylation is 2. The Morgan fingerprint density at radius 1 is 1.25 bits per heavy atom. The summed E-state index contributed by atoms with van der Waals surface area (Å²) < 4.78 is 0. The third-order valence-electron chi connectivity index (χ3n) is 3.13. The van der Waals surface area contributed by atoms with Gasteiger partial charge in [-0.1, -0.05) is 12.1 Å². The number of benzene rings is 1. The number of nitrogens with zero attached hydrogens (tertiary/aromatic N) is 2. The Bertz CT molecular complexity index is 700. The molecule has 2 heterocycles. The number of thiazole rings is 1. The predicted molar refractivity (Wildman–Crippen MR) is 82.9 cm³/mol. The Balaban J connectivity index is 1.75. The van der Waals surface area contributed by atoms with Crippen LogP contribution in [0.5, 0.6) is 0 Å². The predicted octanol–water partition coefficient (Wildman–Crippen LogP) is 3.76. The number of H-pyrrole nitrogens is 1. The molecule has 0 aliphatic rings. The van der Waals surface area contributed by atoms with Gasteiger partial charge in [-0.25, -0.2) is 4.98 Å². The second-order valence-corrected chi connectivity index (χ2v) is 5.93. The van der Waals surface area contributed by atoms with E-state index in [2.05, 4.69) is 45.6 Å². The number of aromatic amines is 1. The fourth-order valence-electron chi connectivity index (χ4n) is 2.13. The van der Waals surface area contributed by atoms with Gasteiger partial charge in [0.25, 0.3) is 0 Å². The van der Waals surface area contributed by atoms with Crippen molar-refractivity contribution in [1.29, 1.82) is 0 Å². The molecule has 3 rings (SSSR count). The summed E-state index contributed by atoms with van der Waals surface area (Å²) in [5.41, 5.74) is 4.37. The number of rotatable bonds is 4. The zero-order valence-corrected chi connectivity index (χ0v) is 12.3. The summed E-state index contributed by atoms with van der Waals surface area (Å²) in [6.45, 7) is 4.91. The molecule has 0 aliphatic heterocycles. The van der Waals surface area contributed by atoms with E-state index < -0.39 is 0 Å². The highest BCUT2D eigenvalue weighted by Gasteiger charge is 2.05. The van der Waals surface area contributed by atoms with Crippen LogP contribution in [-0.2, 0) is 6.54 Å². The maximum absolute atomic E-state index is 4.45. The second-order valence-electron chi connectivity index (χ2n) is 4.65. The zero-order valence-electron chi connectivity index (χ0n) is 11.5. The molecule has 0 amide bonds. The minimum atomic E-state index is 0.809. The summed E-state index contributed by atoms with van der Waals surface area (Å²) in [4.78, 5) is 5.73. The molecule has 102 valence electrons. The molecule has 0 aliphatic carbocycles. The summed E-state index contributed by atoms with van der Waals surface area (Å²) in [5, 5.41) is 11.5. The highest BCUT2D eigenvalue weighted by Crippen LogP contribution is 2.22. The van der Waals surface area contributed by atoms with Gasteiger partial charge in [0, 0.05) is 22.3 Å². The van der Waals surface area contributed by atoms with Gasteiger partial charge in [0.1, 0.15) is 0 Å². The van der Waals surface area contributed by atoms with Gasteiger partial charge in [-0.3, -0.25) is 5.10 Å². The Morgan fingerprint density at radius 2 is 2.15 bits per heavy atom. The summed E-state index contributed by atoms with van der Waals surface area (Å²) in [6, 6.07) is 10.3. The van der Waals surface area contributed by atoms with Crippen LogP contribution in [0.15, 0.2) is 36.5 Å². The minimum Gasteiger partial charge on any atom is -0.380 e. The first-order chi connectivity index (χ1) is 9.72. The van der Waals surface area contributed by atoms with E-state index in [0.29, 0.717) is 0 Å². The van der Waals surface area contributed by atoms with Crippen molar-refractivity contribution in [1.82, 2.24) is 15.2 Å². The van der Waals surface area contributed by atoms with Crippen molar-refractivity contribution in [3.63, 3.8) is 0 Å². The van der Waals surface area contributed by atoms with E-state index in [1.54, 1.807) is 17.5 Å². The summed E-state index contributed by atoms with van der Waals surface area (Å²) >= 11 is 1.75. The molecule has 2 aromatic heterocycles. The van der Waals surface area contributed by atoms with E-state index in [1.165, 1.54) is 4.88 Å². The smallest absolute Gasteiger partial charge is 0.0900 e. The lowest BCUT2D eigenvalue weighted by Crippen LogP contribution is -1.99. The third-order valence-corrected chi connectivity index (χ3v) is 4.20. The topological polar surface area (TPSA) is 53.6 Å². The maximum Gasteiger partial charge on any atom is 0.0900 e. The van der Waals surface area contributed by atoms with Gasteiger partial charge in [-0.2, -0.15) is 5.10 Å². The fraction of sp³-hybridized carbons (Fsp3) is 0.200. The molecular weight excluding hydrogens is 268 g/mol. The highest BCUT2D eigenvalue weighted by molar-refractivity contribution is 7.11. The van der Waals surface area contributed by atoms with Gasteiger partial charge in [-0.15, -0.1) is 11.3 Å². The van der Waals surface area contributed by atoms with Gasteiger partial charge >= 0.3 is 0 Å². The van der Waals surface area contributed by atoms with Crippen molar-refractivity contribution in [2.45, 2.75) is 20.4 Å². The molecule has 0 saturated heterocycles. The molecule has 0 radical (unpaired) electrons. The van der Waals surface area contributed by atoms with Gasteiger partial charge in [0.15, 0.2) is 0 Å². The molecule has 4 nitrogen and oxygen atoms in total. The number of hydrogen-bond donors (Lipinski definition) is 2. The van der Waals surface area contributed by atoms with Crippen molar-refractivity contribution < 1.29 is 0 Å². The molecule has 0 fully saturated rings. The van der Waals surface area contributed by atoms with Crippen molar-refractivity contribution in [3.05, 3.63) is 52.1 Å². The molecule has 1 aromatic carbocycles. The van der Waals surface area contributed by atoms with Crippen LogP contribution < -0.4 is 5.32 Å². The van der Waals surface area contributed by atoms with Crippen LogP contribution in [0.25, 0.3) is 11.3 Å². The van der Waals surface area contributed by atoms with E-state index in [0.717, 1.165) is 34.2 Å². The average molecular weight is 284 g/mol. The fourth-order valence-corrected chi connectivity index (χ4v) is 3.01. The van der Waals surface area contributed by atoms with Crippen molar-refractivity contribution >= 4 is 17.0 Å². The van der Waals surface area contributed by atoms with Gasteiger partial charge in [-0.05, 0) is 32.0 Å². The third kappa shape index (κ3) is 2.72. The van der Waals surface area contributed by atoms with E-state index in [4.69, 9.17) is 0 Å². The van der Waals surface area contributed by atoms with Gasteiger partial charge in [0.2, 0.25) is 0 Å². The first-order valence-electron chi connectivity index (χ1n) is 6.49. The van der Waals surface area contributed by atoms with Crippen LogP contribution in [0.1, 0.15) is 15.6 Å². The van der Waals surface area contributed by atoms with Crippen molar-refractivity contribution in [2.75, 3.05) is 5.32 Å². The van der Waals surface area contributed by atoms with Crippen LogP contribution in [0.3, 0.4) is 0 Å². The van der Waals surface area contributed by atoms with Crippen LogP contribution in [-0.4, -0.2) is 15.2 Å². The summed E-state index contributed by atoms with van der Waals surface area (Å²) in [5.74, 6) is 0. The Morgan fingerprint density at radius 3 is 2.85 bits per heavy atom. The highest BCUT2D eigenvalue weighted by atomic mass is 32.1. The lowest BCUT2D eigenvalue weighted by atomic mass is 10.1. The molecular formula is C15H16N4S. The molecule has 3 aromatic rings. The number of hydrogen-bond acceptors (Lipinski definition) is 4. The number of aromatic nitrogens is 3. The summed E-state index contributed by atoms with van der Waals surface area (Å²) in [7, 11) is 0. The maximum atomic E-state index is 4.45. The van der Waals surface area contributed by atoms with E-state index in [9.17, 15) is 0 Å². The Kier molecular flexibility index (Phi) is 3.52. The standard InChI is InChI=1S/C15H16N4S/c1-10-15(20-11(2)18-10)9-16-13-5-3-4-12(8-13)14-6-7-17-19-14/h3-8,16H,9H2,1-2H3,(H,17,19). The quantitative estimate of drug-likeness (QED) is 0.767. The monoisotopic (exact) mass is 284 g/mol. The first kappa shape index (κ1) is 12.9. The van der Waals surface area contributed by atoms with Crippen LogP contribution >= 0.6 is 11.3 Å². The van der Waals surface area contributed by atoms with Gasteiger partial charge in [0.05, 0.1) is 22.9 Å². The first-order valence-corrected chi connectivity index (χ1v) is 7.30. The zero-order chi connectivity index (χ0) is 13.9. The van der Waals surface area contributed by atoms with E-state index >= 15 is 0 Å². The largest absolute Gasteiger partial charge is 0.380 e. The molecule has 0 bridgehead atoms. The van der Waals surface area contributed by atoms with Crippen LogP contribution in [0.4, 0.5) is 5.69 Å². The minimum absolute atomic E-state index is 0.809. The van der Waals surface area contributed by atoms with E-state index in [1.807, 2.05) is 19.1 Å². The molecule has 2 N–H and O–H groups in total. The van der Waals surface area contributed by atoms with Crippen molar-refractivity contribution in [2.24, 2.45) is 0 Å². The molecule has 0 atom stereocenters. The number of anilines is 1. The van der Waals surface area contributed by atoms with Crippen molar-refractivity contribution in [3.8, 4) is 11.3 Å². The molecule has 0 spiro atoms. The van der Waals surface area contributed by atoms with Gasteiger partial charge < -0.3 is 5.32 Å². The summed E-state index contributed by atoms with van der Waals surface area (Å²) in [6.07, 6.45) is 1.76. The molecule has 5 heteroatoms. The van der Waals surface area contributed by atoms with E-state index in [-0.39, 0.29) is 0 Å². The lowest BCUT2D eigenvalue weighted by molar-refractivity contribution is 1.09. The average Bonchev–Trinajstić information content (AvgIpc) is 3.07. The molecule has 20 heavy (non-hydrogen) atoms. The lowest BCUT2D eigenvalue weighted by Gasteiger charge is -2.07. The second kappa shape index (κ2) is 5.46. The molecule has 0 saturated carbocycles. The number of nitrogens with one attached hydrogen (secondary N) is 2. The normalized spacial score (nSPS) is 10.7.